The minimum absolute atomic E-state index is 0.0210. The summed E-state index contributed by atoms with van der Waals surface area (Å²) in [6.45, 7) is 0. The average molecular weight is 356 g/mol. The van der Waals surface area contributed by atoms with E-state index in [0.29, 0.717) is 24.0 Å². The minimum Gasteiger partial charge on any atom is -0.427 e. The number of carbonyl (C=O) groups excluding carboxylic acids is 1. The molecule has 2 fully saturated rings. The van der Waals surface area contributed by atoms with Gasteiger partial charge in [0.25, 0.3) is 0 Å². The van der Waals surface area contributed by atoms with Crippen LogP contribution in [0.5, 0.6) is 5.75 Å². The van der Waals surface area contributed by atoms with Gasteiger partial charge in [0, 0.05) is 17.9 Å². The van der Waals surface area contributed by atoms with Crippen LogP contribution in [0, 0.1) is 11.8 Å². The highest BCUT2D eigenvalue weighted by atomic mass is 31.2. The highest BCUT2D eigenvalue weighted by Gasteiger charge is 2.50. The summed E-state index contributed by atoms with van der Waals surface area (Å²) in [6.07, 6.45) is 4.64. The van der Waals surface area contributed by atoms with Gasteiger partial charge in [0.2, 0.25) is 0 Å². The molecule has 25 heavy (non-hydrogen) atoms. The van der Waals surface area contributed by atoms with Gasteiger partial charge in [-0.3, -0.25) is 9.32 Å². The maximum absolute atomic E-state index is 12.8. The molecule has 2 saturated carbocycles. The molecule has 4 nitrogen and oxygen atoms in total. The number of hydrogen-bond donors (Lipinski definition) is 1. The molecule has 2 aromatic carbocycles. The first-order valence-electron chi connectivity index (χ1n) is 9.10. The third kappa shape index (κ3) is 2.51. The van der Waals surface area contributed by atoms with E-state index in [1.165, 1.54) is 12.8 Å². The van der Waals surface area contributed by atoms with Crippen molar-refractivity contribution < 1.29 is 18.7 Å². The Morgan fingerprint density at radius 1 is 1.08 bits per heavy atom. The number of fused-ring (bicyclic) bond motifs is 7. The van der Waals surface area contributed by atoms with Crippen LogP contribution in [-0.4, -0.2) is 16.8 Å². The second kappa shape index (κ2) is 6.05. The largest absolute Gasteiger partial charge is 0.427 e. The molecular formula is C20H21O4P. The molecule has 5 atom stereocenters. The Kier molecular flexibility index (Phi) is 3.81. The molecule has 130 valence electrons. The van der Waals surface area contributed by atoms with Crippen molar-refractivity contribution in [3.63, 3.8) is 0 Å². The first-order valence-corrected chi connectivity index (χ1v) is 10.2. The molecule has 2 aromatic rings. The van der Waals surface area contributed by atoms with Crippen molar-refractivity contribution in [1.82, 2.24) is 0 Å². The number of Topliss-reactive ketones (excluding diaryl/α,β-unsaturated/α-hetero) is 1. The third-order valence-electron chi connectivity index (χ3n) is 6.18. The SMILES string of the molecule is O=C1CC2CCCCC2C2c3c(ccc4ccccc34)OP(O)OC12. The van der Waals surface area contributed by atoms with Gasteiger partial charge in [0.05, 0.1) is 0 Å². The summed E-state index contributed by atoms with van der Waals surface area (Å²) in [5.41, 5.74) is 1.06. The minimum atomic E-state index is -2.08. The summed E-state index contributed by atoms with van der Waals surface area (Å²) in [6, 6.07) is 12.2. The zero-order valence-electron chi connectivity index (χ0n) is 13.9. The molecule has 1 N–H and O–H groups in total. The molecule has 0 spiro atoms. The molecular weight excluding hydrogens is 335 g/mol. The topological polar surface area (TPSA) is 55.8 Å². The van der Waals surface area contributed by atoms with Gasteiger partial charge in [0.15, 0.2) is 5.78 Å². The van der Waals surface area contributed by atoms with Crippen molar-refractivity contribution in [2.45, 2.75) is 44.1 Å². The average Bonchev–Trinajstić information content (AvgIpc) is 2.78. The summed E-state index contributed by atoms with van der Waals surface area (Å²) in [4.78, 5) is 23.1. The molecule has 0 radical (unpaired) electrons. The molecule has 5 heteroatoms. The quantitative estimate of drug-likeness (QED) is 0.695. The molecule has 0 bridgehead atoms. The van der Waals surface area contributed by atoms with Crippen molar-refractivity contribution >= 4 is 25.2 Å². The number of carbonyl (C=O) groups is 1. The monoisotopic (exact) mass is 356 g/mol. The Bertz CT molecular complexity index is 836. The van der Waals surface area contributed by atoms with Gasteiger partial charge in [-0.05, 0) is 41.5 Å². The van der Waals surface area contributed by atoms with Crippen molar-refractivity contribution in [1.29, 1.82) is 0 Å². The molecule has 5 rings (SSSR count). The van der Waals surface area contributed by atoms with Crippen molar-refractivity contribution in [2.24, 2.45) is 11.8 Å². The highest BCUT2D eigenvalue weighted by Crippen LogP contribution is 2.57. The first-order chi connectivity index (χ1) is 12.2. The molecule has 5 unspecified atom stereocenters. The van der Waals surface area contributed by atoms with E-state index in [0.717, 1.165) is 29.2 Å². The zero-order valence-corrected chi connectivity index (χ0v) is 14.8. The number of benzene rings is 2. The number of hydrogen-bond acceptors (Lipinski definition) is 4. The van der Waals surface area contributed by atoms with Crippen LogP contribution in [0.25, 0.3) is 10.8 Å². The summed E-state index contributed by atoms with van der Waals surface area (Å²) in [7, 11) is -2.08. The fraction of sp³-hybridized carbons (Fsp3) is 0.450. The molecule has 0 saturated heterocycles. The van der Waals surface area contributed by atoms with Crippen molar-refractivity contribution in [3.8, 4) is 5.75 Å². The van der Waals surface area contributed by atoms with Crippen LogP contribution in [0.3, 0.4) is 0 Å². The molecule has 0 amide bonds. The molecule has 1 aliphatic heterocycles. The first kappa shape index (κ1) is 15.7. The lowest BCUT2D eigenvalue weighted by Gasteiger charge is -2.44. The summed E-state index contributed by atoms with van der Waals surface area (Å²) < 4.78 is 11.5. The summed E-state index contributed by atoms with van der Waals surface area (Å²) >= 11 is 0. The molecule has 0 aromatic heterocycles. The van der Waals surface area contributed by atoms with E-state index in [4.69, 9.17) is 9.05 Å². The van der Waals surface area contributed by atoms with Crippen molar-refractivity contribution in [3.05, 3.63) is 42.0 Å². The lowest BCUT2D eigenvalue weighted by molar-refractivity contribution is -0.134. The van der Waals surface area contributed by atoms with Crippen LogP contribution in [0.2, 0.25) is 0 Å². The van der Waals surface area contributed by atoms with Crippen LogP contribution < -0.4 is 4.52 Å². The number of rotatable bonds is 0. The highest BCUT2D eigenvalue weighted by molar-refractivity contribution is 7.41. The van der Waals surface area contributed by atoms with Gasteiger partial charge in [-0.1, -0.05) is 43.2 Å². The molecule has 3 aliphatic rings. The van der Waals surface area contributed by atoms with E-state index in [1.54, 1.807) is 0 Å². The fourth-order valence-electron chi connectivity index (χ4n) is 5.15. The van der Waals surface area contributed by atoms with E-state index in [9.17, 15) is 9.69 Å². The Balaban J connectivity index is 1.75. The van der Waals surface area contributed by atoms with Crippen LogP contribution >= 0.6 is 8.60 Å². The lowest BCUT2D eigenvalue weighted by Crippen LogP contribution is -2.44. The normalized spacial score (nSPS) is 34.4. The standard InChI is InChI=1S/C20H21O4P/c21-16-11-13-6-2-4-8-15(13)19-18-14-7-3-1-5-12(14)9-10-17(18)23-25(22)24-20(16)19/h1,3,5,7,9-10,13,15,19-20,22H,2,4,6,8,11H2. The lowest BCUT2D eigenvalue weighted by atomic mass is 9.61. The predicted molar refractivity (Wildman–Crippen MR) is 96.4 cm³/mol. The van der Waals surface area contributed by atoms with Crippen LogP contribution in [0.15, 0.2) is 36.4 Å². The third-order valence-corrected chi connectivity index (χ3v) is 6.94. The van der Waals surface area contributed by atoms with E-state index >= 15 is 0 Å². The predicted octanol–water partition coefficient (Wildman–Crippen LogP) is 4.70. The Hall–Kier alpha value is -1.48. The van der Waals surface area contributed by atoms with E-state index < -0.39 is 14.7 Å². The van der Waals surface area contributed by atoms with Crippen LogP contribution in [0.4, 0.5) is 0 Å². The van der Waals surface area contributed by atoms with E-state index in [-0.39, 0.29) is 11.7 Å². The van der Waals surface area contributed by atoms with Gasteiger partial charge >= 0.3 is 8.60 Å². The zero-order chi connectivity index (χ0) is 17.0. The number of ketones is 1. The van der Waals surface area contributed by atoms with E-state index in [2.05, 4.69) is 12.1 Å². The fourth-order valence-corrected chi connectivity index (χ4v) is 5.97. The van der Waals surface area contributed by atoms with Gasteiger partial charge in [-0.25, -0.2) is 0 Å². The second-order valence-corrected chi connectivity index (χ2v) is 8.33. The smallest absolute Gasteiger partial charge is 0.395 e. The Morgan fingerprint density at radius 3 is 2.84 bits per heavy atom. The maximum Gasteiger partial charge on any atom is 0.395 e. The Morgan fingerprint density at radius 2 is 1.92 bits per heavy atom. The van der Waals surface area contributed by atoms with Crippen LogP contribution in [-0.2, 0) is 9.32 Å². The molecule has 2 aliphatic carbocycles. The van der Waals surface area contributed by atoms with Gasteiger partial charge in [-0.2, -0.15) is 0 Å². The van der Waals surface area contributed by atoms with E-state index in [1.807, 2.05) is 24.3 Å². The van der Waals surface area contributed by atoms with Gasteiger partial charge in [-0.15, -0.1) is 0 Å². The molecule has 1 heterocycles. The van der Waals surface area contributed by atoms with Gasteiger partial charge in [0.1, 0.15) is 11.9 Å². The summed E-state index contributed by atoms with van der Waals surface area (Å²) in [5.74, 6) is 1.64. The van der Waals surface area contributed by atoms with Crippen molar-refractivity contribution in [2.75, 3.05) is 0 Å². The summed E-state index contributed by atoms with van der Waals surface area (Å²) in [5, 5.41) is 2.25. The van der Waals surface area contributed by atoms with Crippen LogP contribution in [0.1, 0.15) is 43.6 Å². The second-order valence-electron chi connectivity index (χ2n) is 7.46. The Labute approximate surface area is 148 Å². The van der Waals surface area contributed by atoms with Gasteiger partial charge < -0.3 is 9.42 Å². The maximum atomic E-state index is 12.8.